The monoisotopic (exact) mass is 223 g/mol. The highest BCUT2D eigenvalue weighted by atomic mass is 79.9. The van der Waals surface area contributed by atoms with E-state index in [0.29, 0.717) is 0 Å². The first-order valence-corrected chi connectivity index (χ1v) is 5.08. The Labute approximate surface area is 80.8 Å². The van der Waals surface area contributed by atoms with Gasteiger partial charge in [-0.1, -0.05) is 40.2 Å². The predicted molar refractivity (Wildman–Crippen MR) is 54.8 cm³/mol. The van der Waals surface area contributed by atoms with Crippen LogP contribution in [0.25, 0.3) is 6.08 Å². The van der Waals surface area contributed by atoms with Gasteiger partial charge in [0.15, 0.2) is 0 Å². The molecular weight excluding hydrogens is 214 g/mol. The SMILES string of the molecule is BrCN1C=Cc2ccccc2C1. The zero-order valence-electron chi connectivity index (χ0n) is 6.70. The largest absolute Gasteiger partial charge is 0.363 e. The van der Waals surface area contributed by atoms with Crippen molar-refractivity contribution in [3.05, 3.63) is 41.6 Å². The van der Waals surface area contributed by atoms with Gasteiger partial charge in [-0.3, -0.25) is 0 Å². The van der Waals surface area contributed by atoms with Gasteiger partial charge in [0, 0.05) is 12.7 Å². The summed E-state index contributed by atoms with van der Waals surface area (Å²) in [5, 5.41) is 0. The van der Waals surface area contributed by atoms with Crippen LogP contribution in [0.4, 0.5) is 0 Å². The van der Waals surface area contributed by atoms with Crippen LogP contribution in [0, 0.1) is 0 Å². The molecule has 0 amide bonds. The minimum absolute atomic E-state index is 0.901. The summed E-state index contributed by atoms with van der Waals surface area (Å²) in [6.45, 7) is 1.01. The Hall–Kier alpha value is -0.760. The van der Waals surface area contributed by atoms with Crippen molar-refractivity contribution in [2.24, 2.45) is 0 Å². The lowest BCUT2D eigenvalue weighted by molar-refractivity contribution is 0.435. The van der Waals surface area contributed by atoms with Gasteiger partial charge in [0.2, 0.25) is 0 Å². The minimum atomic E-state index is 0.901. The zero-order valence-corrected chi connectivity index (χ0v) is 8.29. The number of halogens is 1. The average molecular weight is 224 g/mol. The number of hydrogen-bond acceptors (Lipinski definition) is 1. The molecule has 0 bridgehead atoms. The summed E-state index contributed by atoms with van der Waals surface area (Å²) in [4.78, 5) is 2.22. The van der Waals surface area contributed by atoms with Crippen LogP contribution in [0.3, 0.4) is 0 Å². The standard InChI is InChI=1S/C10H10BrN/c11-8-12-6-5-9-3-1-2-4-10(9)7-12/h1-6H,7-8H2. The van der Waals surface area contributed by atoms with Gasteiger partial charge in [-0.2, -0.15) is 0 Å². The van der Waals surface area contributed by atoms with Gasteiger partial charge in [0.1, 0.15) is 0 Å². The lowest BCUT2D eigenvalue weighted by Crippen LogP contribution is -2.17. The first-order chi connectivity index (χ1) is 5.90. The second kappa shape index (κ2) is 3.31. The predicted octanol–water partition coefficient (Wildman–Crippen LogP) is 2.83. The zero-order chi connectivity index (χ0) is 8.39. The van der Waals surface area contributed by atoms with E-state index in [9.17, 15) is 0 Å². The quantitative estimate of drug-likeness (QED) is 0.523. The minimum Gasteiger partial charge on any atom is -0.363 e. The number of nitrogens with zero attached hydrogens (tertiary/aromatic N) is 1. The molecule has 0 fully saturated rings. The number of alkyl halides is 1. The van der Waals surface area contributed by atoms with Crippen molar-refractivity contribution in [2.75, 3.05) is 5.45 Å². The fourth-order valence-electron chi connectivity index (χ4n) is 1.38. The molecule has 62 valence electrons. The molecule has 1 nitrogen and oxygen atoms in total. The Morgan fingerprint density at radius 1 is 1.33 bits per heavy atom. The third kappa shape index (κ3) is 1.39. The van der Waals surface area contributed by atoms with Crippen molar-refractivity contribution in [3.8, 4) is 0 Å². The number of hydrogen-bond donors (Lipinski definition) is 0. The smallest absolute Gasteiger partial charge is 0.0734 e. The van der Waals surface area contributed by atoms with Crippen LogP contribution in [-0.4, -0.2) is 10.4 Å². The molecule has 0 atom stereocenters. The van der Waals surface area contributed by atoms with E-state index in [1.807, 2.05) is 0 Å². The second-order valence-electron chi connectivity index (χ2n) is 2.88. The van der Waals surface area contributed by atoms with E-state index in [1.54, 1.807) is 0 Å². The molecular formula is C10H10BrN. The molecule has 0 saturated heterocycles. The molecule has 0 saturated carbocycles. The molecule has 2 heteroatoms. The van der Waals surface area contributed by atoms with Gasteiger partial charge < -0.3 is 4.90 Å². The van der Waals surface area contributed by atoms with E-state index in [4.69, 9.17) is 0 Å². The van der Waals surface area contributed by atoms with Crippen LogP contribution in [0.2, 0.25) is 0 Å². The number of benzene rings is 1. The Morgan fingerprint density at radius 2 is 2.17 bits per heavy atom. The van der Waals surface area contributed by atoms with Gasteiger partial charge in [0.25, 0.3) is 0 Å². The summed E-state index contributed by atoms with van der Waals surface area (Å²) < 4.78 is 0. The number of fused-ring (bicyclic) bond motifs is 1. The van der Waals surface area contributed by atoms with Gasteiger partial charge in [-0.05, 0) is 17.2 Å². The Kier molecular flexibility index (Phi) is 2.17. The summed E-state index contributed by atoms with van der Waals surface area (Å²) in [6.07, 6.45) is 4.27. The maximum atomic E-state index is 3.44. The van der Waals surface area contributed by atoms with Crippen LogP contribution in [0.1, 0.15) is 11.1 Å². The summed E-state index contributed by atoms with van der Waals surface area (Å²) in [6, 6.07) is 8.49. The van der Waals surface area contributed by atoms with E-state index < -0.39 is 0 Å². The topological polar surface area (TPSA) is 3.24 Å². The molecule has 0 radical (unpaired) electrons. The molecule has 1 aromatic carbocycles. The Bertz CT molecular complexity index is 306. The van der Waals surface area contributed by atoms with Gasteiger partial charge in [0.05, 0.1) is 5.45 Å². The van der Waals surface area contributed by atoms with E-state index in [-0.39, 0.29) is 0 Å². The van der Waals surface area contributed by atoms with E-state index in [0.717, 1.165) is 12.0 Å². The third-order valence-corrected chi connectivity index (χ3v) is 2.69. The lowest BCUT2D eigenvalue weighted by atomic mass is 10.1. The molecule has 1 heterocycles. The summed E-state index contributed by atoms with van der Waals surface area (Å²) in [7, 11) is 0. The summed E-state index contributed by atoms with van der Waals surface area (Å²) >= 11 is 3.44. The maximum absolute atomic E-state index is 3.44. The molecule has 2 rings (SSSR count). The van der Waals surface area contributed by atoms with Crippen molar-refractivity contribution in [1.82, 2.24) is 4.90 Å². The van der Waals surface area contributed by atoms with Crippen molar-refractivity contribution in [2.45, 2.75) is 6.54 Å². The summed E-state index contributed by atoms with van der Waals surface area (Å²) in [5.74, 6) is 0. The Morgan fingerprint density at radius 3 is 3.00 bits per heavy atom. The molecule has 0 unspecified atom stereocenters. The molecule has 1 aliphatic heterocycles. The molecule has 0 N–H and O–H groups in total. The van der Waals surface area contributed by atoms with Crippen LogP contribution in [0.15, 0.2) is 30.5 Å². The highest BCUT2D eigenvalue weighted by Gasteiger charge is 2.07. The first-order valence-electron chi connectivity index (χ1n) is 3.96. The molecule has 12 heavy (non-hydrogen) atoms. The highest BCUT2D eigenvalue weighted by molar-refractivity contribution is 9.09. The van der Waals surface area contributed by atoms with Crippen LogP contribution in [-0.2, 0) is 6.54 Å². The summed E-state index contributed by atoms with van der Waals surface area (Å²) in [5.41, 5.74) is 3.65. The van der Waals surface area contributed by atoms with E-state index >= 15 is 0 Å². The fraction of sp³-hybridized carbons (Fsp3) is 0.200. The van der Waals surface area contributed by atoms with Crippen molar-refractivity contribution >= 4 is 22.0 Å². The molecule has 0 aromatic heterocycles. The van der Waals surface area contributed by atoms with Gasteiger partial charge in [-0.15, -0.1) is 0 Å². The Balaban J connectivity index is 2.33. The maximum Gasteiger partial charge on any atom is 0.0734 e. The molecule has 0 spiro atoms. The normalized spacial score (nSPS) is 14.6. The average Bonchev–Trinajstić information content (AvgIpc) is 2.17. The van der Waals surface area contributed by atoms with Crippen LogP contribution in [0.5, 0.6) is 0 Å². The van der Waals surface area contributed by atoms with E-state index in [1.165, 1.54) is 11.1 Å². The van der Waals surface area contributed by atoms with Crippen molar-refractivity contribution in [1.29, 1.82) is 0 Å². The number of rotatable bonds is 1. The van der Waals surface area contributed by atoms with E-state index in [2.05, 4.69) is 57.4 Å². The van der Waals surface area contributed by atoms with Crippen molar-refractivity contribution < 1.29 is 0 Å². The molecule has 1 aromatic rings. The van der Waals surface area contributed by atoms with Gasteiger partial charge >= 0.3 is 0 Å². The molecule has 0 aliphatic carbocycles. The fourth-order valence-corrected chi connectivity index (χ4v) is 1.72. The first kappa shape index (κ1) is 7.87. The van der Waals surface area contributed by atoms with Gasteiger partial charge in [-0.25, -0.2) is 0 Å². The van der Waals surface area contributed by atoms with Crippen LogP contribution < -0.4 is 0 Å². The molecule has 1 aliphatic rings. The lowest BCUT2D eigenvalue weighted by Gasteiger charge is -2.22. The second-order valence-corrected chi connectivity index (χ2v) is 3.38. The third-order valence-electron chi connectivity index (χ3n) is 2.05. The van der Waals surface area contributed by atoms with Crippen molar-refractivity contribution in [3.63, 3.8) is 0 Å². The van der Waals surface area contributed by atoms with Crippen LogP contribution >= 0.6 is 15.9 Å². The highest BCUT2D eigenvalue weighted by Crippen LogP contribution is 2.19.